The van der Waals surface area contributed by atoms with Gasteiger partial charge < -0.3 is 18.9 Å². The summed E-state index contributed by atoms with van der Waals surface area (Å²) in [4.78, 5) is 0. The largest absolute Gasteiger partial charge is 0.436 e. The first kappa shape index (κ1) is 28.1. The molecule has 0 aromatic rings. The lowest BCUT2D eigenvalue weighted by Crippen LogP contribution is -2.00. The van der Waals surface area contributed by atoms with Gasteiger partial charge in [-0.15, -0.1) is 0 Å². The third kappa shape index (κ3) is 82.3. The van der Waals surface area contributed by atoms with E-state index >= 15 is 0 Å². The molecule has 20 heavy (non-hydrogen) atoms. The Morgan fingerprint density at radius 2 is 1.15 bits per heavy atom. The van der Waals surface area contributed by atoms with Crippen LogP contribution >= 0.6 is 0 Å². The van der Waals surface area contributed by atoms with Gasteiger partial charge in [-0.25, -0.2) is 0 Å². The Morgan fingerprint density at radius 3 is 1.15 bits per heavy atom. The van der Waals surface area contributed by atoms with Crippen LogP contribution in [-0.4, -0.2) is 73.3 Å². The summed E-state index contributed by atoms with van der Waals surface area (Å²) < 4.78 is 15.4. The molecule has 0 aliphatic rings. The third-order valence-corrected chi connectivity index (χ3v) is 1.83. The molecular weight excluding hydrogens is 256 g/mol. The van der Waals surface area contributed by atoms with Crippen LogP contribution < -0.4 is 0 Å². The lowest BCUT2D eigenvalue weighted by molar-refractivity contribution is -0.0381. The Labute approximate surface area is 128 Å². The maximum Gasteiger partial charge on any atom is 0.148 e. The van der Waals surface area contributed by atoms with Gasteiger partial charge in [0, 0.05) is 33.1 Å². The van der Waals surface area contributed by atoms with Crippen LogP contribution in [0.25, 0.3) is 0 Å². The monoisotopic (exact) mass is 300 g/mol. The molecule has 0 aromatic heterocycles. The van der Waals surface area contributed by atoms with Crippen molar-refractivity contribution >= 4 is 0 Å². The lowest BCUT2D eigenvalue weighted by Gasteiger charge is -1.94. The highest BCUT2D eigenvalue weighted by atomic mass is 16.5. The normalized spacial score (nSPS) is 9.00. The Balaban J connectivity index is -0.0000000862. The van der Waals surface area contributed by atoms with Gasteiger partial charge in [-0.2, -0.15) is 0 Å². The zero-order valence-electron chi connectivity index (χ0n) is 15.8. The topological polar surface area (TPSA) is 51.2 Å². The number of hydrogen-bond donors (Lipinski definition) is 0. The fraction of sp³-hybridized carbons (Fsp3) is 1.00. The highest BCUT2D eigenvalue weighted by molar-refractivity contribution is 4.34. The molecule has 0 radical (unpaired) electrons. The summed E-state index contributed by atoms with van der Waals surface area (Å²) >= 11 is 0. The predicted octanol–water partition coefficient (Wildman–Crippen LogP) is 2.07. The minimum Gasteiger partial charge on any atom is -0.436 e. The second-order valence-corrected chi connectivity index (χ2v) is 4.92. The van der Waals surface area contributed by atoms with Crippen LogP contribution in [-0.2, 0) is 0 Å². The van der Waals surface area contributed by atoms with Crippen LogP contribution in [0.4, 0.5) is 0 Å². The molecule has 0 fully saturated rings. The van der Waals surface area contributed by atoms with E-state index in [1.165, 1.54) is 6.42 Å². The maximum atomic E-state index is 3.94. The smallest absolute Gasteiger partial charge is 0.148 e. The minimum absolute atomic E-state index is 0.509. The van der Waals surface area contributed by atoms with Crippen molar-refractivity contribution in [1.29, 1.82) is 0 Å². The van der Waals surface area contributed by atoms with Crippen LogP contribution in [0.2, 0.25) is 0 Å². The van der Waals surface area contributed by atoms with E-state index in [-0.39, 0.29) is 0 Å². The maximum absolute atomic E-state index is 3.94. The molecule has 4 heteroatoms. The van der Waals surface area contributed by atoms with Gasteiger partial charge in [0.25, 0.3) is 0 Å². The summed E-state index contributed by atoms with van der Waals surface area (Å²) in [5.41, 5.74) is 0. The number of ether oxygens (including phenoxy) is 4. The van der Waals surface area contributed by atoms with Gasteiger partial charge in [-0.1, -0.05) is 20.8 Å². The molecule has 0 atom stereocenters. The average Bonchev–Trinajstić information content (AvgIpc) is 2.41. The number of aliphatic hydroxyl groups is 8. The fourth-order valence-corrected chi connectivity index (χ4v) is 0.589. The molecule has 128 valence electrons. The van der Waals surface area contributed by atoms with Crippen molar-refractivity contribution in [2.45, 2.75) is 54.1 Å². The van der Waals surface area contributed by atoms with E-state index in [1.54, 1.807) is 7.11 Å². The van der Waals surface area contributed by atoms with Crippen LogP contribution in [0.15, 0.2) is 0 Å². The molecule has 0 unspecified atom stereocenters. The van der Waals surface area contributed by atoms with E-state index in [2.05, 4.69) is 53.6 Å². The Morgan fingerprint density at radius 1 is 0.750 bits per heavy atom. The summed E-state index contributed by atoms with van der Waals surface area (Å²) in [6, 6.07) is 0. The van der Waals surface area contributed by atoms with Gasteiger partial charge in [-0.3, -0.25) is 0 Å². The van der Waals surface area contributed by atoms with Gasteiger partial charge >= 0.3 is 0 Å². The van der Waals surface area contributed by atoms with E-state index in [4.69, 9.17) is 0 Å². The average molecular weight is 301 g/mol. The molecule has 0 heterocycles. The zero-order chi connectivity index (χ0) is 16.8. The summed E-state index contributed by atoms with van der Waals surface area (Å²) in [5, 5.41) is 0. The molecule has 0 amide bonds. The molecular formula is C16H44O4+4. The van der Waals surface area contributed by atoms with Crippen molar-refractivity contribution in [3.05, 3.63) is 0 Å². The zero-order valence-corrected chi connectivity index (χ0v) is 15.8. The SMILES string of the molecule is CCC[OH+]C.CC[OH+]C.C[OH+]C(C)C.C[OH+]CC(C)C. The third-order valence-electron chi connectivity index (χ3n) is 1.83. The first-order chi connectivity index (χ1) is 9.37. The van der Waals surface area contributed by atoms with Crippen molar-refractivity contribution in [2.75, 3.05) is 48.3 Å². The van der Waals surface area contributed by atoms with E-state index in [9.17, 15) is 0 Å². The summed E-state index contributed by atoms with van der Waals surface area (Å²) in [6.07, 6.45) is 1.69. The molecule has 4 nitrogen and oxygen atoms in total. The van der Waals surface area contributed by atoms with E-state index in [1.807, 2.05) is 28.3 Å². The van der Waals surface area contributed by atoms with Gasteiger partial charge in [0.2, 0.25) is 0 Å². The highest BCUT2D eigenvalue weighted by Crippen LogP contribution is 1.86. The van der Waals surface area contributed by atoms with Crippen molar-refractivity contribution in [2.24, 2.45) is 5.92 Å². The molecule has 0 spiro atoms. The van der Waals surface area contributed by atoms with E-state index < -0.39 is 0 Å². The molecule has 0 aliphatic heterocycles. The fourth-order valence-electron chi connectivity index (χ4n) is 0.589. The Hall–Kier alpha value is -0.160. The summed E-state index contributed by atoms with van der Waals surface area (Å²) in [5.74, 6) is 0.731. The number of rotatable bonds is 6. The quantitative estimate of drug-likeness (QED) is 0.674. The first-order valence-electron chi connectivity index (χ1n) is 7.63. The number of hydrogen-bond acceptors (Lipinski definition) is 0. The van der Waals surface area contributed by atoms with Crippen LogP contribution in [0.1, 0.15) is 48.0 Å². The molecule has 0 saturated heterocycles. The van der Waals surface area contributed by atoms with E-state index in [0.717, 1.165) is 25.7 Å². The molecule has 0 saturated carbocycles. The highest BCUT2D eigenvalue weighted by Gasteiger charge is 1.90. The summed E-state index contributed by atoms with van der Waals surface area (Å²) in [6.45, 7) is 15.5. The van der Waals surface area contributed by atoms with Crippen LogP contribution in [0.5, 0.6) is 0 Å². The van der Waals surface area contributed by atoms with Gasteiger partial charge in [0.15, 0.2) is 0 Å². The van der Waals surface area contributed by atoms with Crippen LogP contribution in [0, 0.1) is 5.92 Å². The standard InChI is InChI=1S/C5H12O.2C4H10O.C3H8O/c1-5(2)4-6-3;1-4(2)5-3;1-3-4-5-2;1-3-4-2/h5H,4H2,1-3H3;4H,1-3H3;3-4H2,1-2H3;3H2,1-2H3/p+4. The van der Waals surface area contributed by atoms with Crippen LogP contribution in [0.3, 0.4) is 0 Å². The molecule has 0 bridgehead atoms. The lowest BCUT2D eigenvalue weighted by atomic mass is 10.2. The Kier molecular flexibility index (Phi) is 43.9. The Bertz CT molecular complexity index is 113. The minimum atomic E-state index is 0.509. The molecule has 0 rings (SSSR count). The predicted molar refractivity (Wildman–Crippen MR) is 93.1 cm³/mol. The molecule has 0 aliphatic carbocycles. The van der Waals surface area contributed by atoms with E-state index in [0.29, 0.717) is 6.10 Å². The van der Waals surface area contributed by atoms with Crippen molar-refractivity contribution in [3.8, 4) is 0 Å². The molecule has 0 aromatic carbocycles. The second kappa shape index (κ2) is 31.3. The second-order valence-electron chi connectivity index (χ2n) is 4.92. The van der Waals surface area contributed by atoms with Gasteiger partial charge in [0.05, 0.1) is 0 Å². The van der Waals surface area contributed by atoms with Gasteiger partial charge in [-0.05, 0) is 0 Å². The van der Waals surface area contributed by atoms with Gasteiger partial charge in [0.1, 0.15) is 54.4 Å². The summed E-state index contributed by atoms with van der Waals surface area (Å²) in [7, 11) is 7.31. The van der Waals surface area contributed by atoms with Crippen molar-refractivity contribution < 1.29 is 18.9 Å². The van der Waals surface area contributed by atoms with Crippen molar-refractivity contribution in [3.63, 3.8) is 0 Å². The molecule has 4 N–H and O–H groups in total. The first-order valence-corrected chi connectivity index (χ1v) is 7.63. The van der Waals surface area contributed by atoms with Crippen molar-refractivity contribution in [1.82, 2.24) is 0 Å².